The van der Waals surface area contributed by atoms with Crippen molar-refractivity contribution in [1.82, 2.24) is 10.2 Å². The van der Waals surface area contributed by atoms with Gasteiger partial charge in [0.25, 0.3) is 10.0 Å². The van der Waals surface area contributed by atoms with Crippen LogP contribution in [0.1, 0.15) is 39.7 Å². The van der Waals surface area contributed by atoms with Crippen LogP contribution in [0.2, 0.25) is 10.0 Å². The fourth-order valence-corrected chi connectivity index (χ4v) is 5.76. The van der Waals surface area contributed by atoms with E-state index < -0.39 is 28.5 Å². The van der Waals surface area contributed by atoms with E-state index in [0.29, 0.717) is 34.4 Å². The first kappa shape index (κ1) is 32.2. The summed E-state index contributed by atoms with van der Waals surface area (Å²) in [4.78, 5) is 28.5. The molecule has 0 heterocycles. The quantitative estimate of drug-likeness (QED) is 0.256. The fourth-order valence-electron chi connectivity index (χ4n) is 4.01. The standard InChI is InChI=1S/C30H35Cl2N3O5S/c1-5-21(3)33-30(37)22(4)34(19-23-12-17-27(31)28(32)18-23)29(36)20-35(24-13-15-25(16-14-24)40-6-2)41(38,39)26-10-8-7-9-11-26/h7-18,21-22H,5-6,19-20H2,1-4H3,(H,33,37)/t21-,22-/m0/s1. The van der Waals surface area contributed by atoms with Gasteiger partial charge in [-0.3, -0.25) is 13.9 Å². The second kappa shape index (κ2) is 14.6. The molecule has 0 aliphatic carbocycles. The normalized spacial score (nSPS) is 12.7. The molecular weight excluding hydrogens is 585 g/mol. The van der Waals surface area contributed by atoms with Crippen LogP contribution < -0.4 is 14.4 Å². The number of amides is 2. The number of carbonyl (C=O) groups excluding carboxylic acids is 2. The van der Waals surface area contributed by atoms with Crippen molar-refractivity contribution in [2.75, 3.05) is 17.5 Å². The Bertz CT molecular complexity index is 1440. The first-order valence-corrected chi connectivity index (χ1v) is 15.5. The van der Waals surface area contributed by atoms with Crippen molar-refractivity contribution in [2.45, 2.75) is 57.6 Å². The third-order valence-electron chi connectivity index (χ3n) is 6.55. The van der Waals surface area contributed by atoms with Crippen molar-refractivity contribution in [2.24, 2.45) is 0 Å². The molecule has 41 heavy (non-hydrogen) atoms. The highest BCUT2D eigenvalue weighted by Gasteiger charge is 2.32. The molecule has 2 atom stereocenters. The lowest BCUT2D eigenvalue weighted by Gasteiger charge is -2.32. The number of rotatable bonds is 13. The Labute approximate surface area is 252 Å². The van der Waals surface area contributed by atoms with Crippen LogP contribution in [-0.2, 0) is 26.2 Å². The molecule has 0 unspecified atom stereocenters. The minimum absolute atomic E-state index is 0.00726. The molecule has 1 N–H and O–H groups in total. The molecule has 0 saturated carbocycles. The molecule has 0 saturated heterocycles. The monoisotopic (exact) mass is 619 g/mol. The molecule has 0 aliphatic rings. The van der Waals surface area contributed by atoms with E-state index in [1.54, 1.807) is 67.6 Å². The van der Waals surface area contributed by atoms with Crippen molar-refractivity contribution in [3.8, 4) is 5.75 Å². The lowest BCUT2D eigenvalue weighted by atomic mass is 10.1. The molecule has 0 radical (unpaired) electrons. The molecule has 0 aromatic heterocycles. The third kappa shape index (κ3) is 8.38. The number of carbonyl (C=O) groups is 2. The molecule has 220 valence electrons. The topological polar surface area (TPSA) is 96.0 Å². The van der Waals surface area contributed by atoms with Crippen LogP contribution in [0.15, 0.2) is 77.7 Å². The van der Waals surface area contributed by atoms with Crippen LogP contribution in [0.4, 0.5) is 5.69 Å². The van der Waals surface area contributed by atoms with Gasteiger partial charge < -0.3 is 15.0 Å². The second-order valence-electron chi connectivity index (χ2n) is 9.52. The summed E-state index contributed by atoms with van der Waals surface area (Å²) in [7, 11) is -4.16. The summed E-state index contributed by atoms with van der Waals surface area (Å²) in [6.45, 7) is 7.18. The van der Waals surface area contributed by atoms with E-state index in [4.69, 9.17) is 27.9 Å². The van der Waals surface area contributed by atoms with Crippen LogP contribution in [0.3, 0.4) is 0 Å². The van der Waals surface area contributed by atoms with E-state index in [-0.39, 0.29) is 29.1 Å². The van der Waals surface area contributed by atoms with Crippen LogP contribution >= 0.6 is 23.2 Å². The summed E-state index contributed by atoms with van der Waals surface area (Å²) >= 11 is 12.3. The number of nitrogens with zero attached hydrogens (tertiary/aromatic N) is 2. The highest BCUT2D eigenvalue weighted by atomic mass is 35.5. The van der Waals surface area contributed by atoms with Crippen molar-refractivity contribution in [3.05, 3.63) is 88.4 Å². The Hall–Kier alpha value is -3.27. The largest absolute Gasteiger partial charge is 0.494 e. The lowest BCUT2D eigenvalue weighted by Crippen LogP contribution is -2.52. The lowest BCUT2D eigenvalue weighted by molar-refractivity contribution is -0.139. The van der Waals surface area contributed by atoms with Crippen LogP contribution in [-0.4, -0.2) is 50.4 Å². The molecule has 8 nitrogen and oxygen atoms in total. The van der Waals surface area contributed by atoms with Crippen LogP contribution in [0.25, 0.3) is 0 Å². The van der Waals surface area contributed by atoms with Crippen LogP contribution in [0.5, 0.6) is 5.75 Å². The average molecular weight is 621 g/mol. The predicted molar refractivity (Wildman–Crippen MR) is 163 cm³/mol. The van der Waals surface area contributed by atoms with Crippen molar-refractivity contribution < 1.29 is 22.7 Å². The molecule has 0 spiro atoms. The fraction of sp³-hybridized carbons (Fsp3) is 0.333. The number of ether oxygens (including phenoxy) is 1. The van der Waals surface area contributed by atoms with E-state index in [1.807, 2.05) is 20.8 Å². The Kier molecular flexibility index (Phi) is 11.5. The molecule has 0 bridgehead atoms. The maximum absolute atomic E-state index is 14.0. The van der Waals surface area contributed by atoms with Crippen molar-refractivity contribution >= 4 is 50.7 Å². The minimum Gasteiger partial charge on any atom is -0.494 e. The molecule has 3 aromatic rings. The number of sulfonamides is 1. The zero-order chi connectivity index (χ0) is 30.2. The van der Waals surface area contributed by atoms with Gasteiger partial charge in [-0.05, 0) is 81.3 Å². The summed E-state index contributed by atoms with van der Waals surface area (Å²) in [5, 5.41) is 3.56. The van der Waals surface area contributed by atoms with Gasteiger partial charge in [0.15, 0.2) is 0 Å². The van der Waals surface area contributed by atoms with E-state index in [2.05, 4.69) is 5.32 Å². The SMILES string of the molecule is CCOc1ccc(N(CC(=O)N(Cc2ccc(Cl)c(Cl)c2)[C@@H](C)C(=O)N[C@@H](C)CC)S(=O)(=O)c2ccccc2)cc1. The Morgan fingerprint density at radius 1 is 0.927 bits per heavy atom. The number of hydrogen-bond donors (Lipinski definition) is 1. The van der Waals surface area contributed by atoms with Gasteiger partial charge in [-0.25, -0.2) is 8.42 Å². The second-order valence-corrected chi connectivity index (χ2v) is 12.2. The third-order valence-corrected chi connectivity index (χ3v) is 9.08. The summed E-state index contributed by atoms with van der Waals surface area (Å²) < 4.78 is 34.2. The highest BCUT2D eigenvalue weighted by molar-refractivity contribution is 7.92. The molecule has 0 aliphatic heterocycles. The van der Waals surface area contributed by atoms with E-state index >= 15 is 0 Å². The van der Waals surface area contributed by atoms with Gasteiger partial charge in [0, 0.05) is 12.6 Å². The van der Waals surface area contributed by atoms with Gasteiger partial charge in [-0.1, -0.05) is 54.4 Å². The van der Waals surface area contributed by atoms with Gasteiger partial charge >= 0.3 is 0 Å². The van der Waals surface area contributed by atoms with Gasteiger partial charge in [0.1, 0.15) is 18.3 Å². The van der Waals surface area contributed by atoms with E-state index in [1.165, 1.54) is 17.0 Å². The molecule has 0 fully saturated rings. The number of halogens is 2. The zero-order valence-electron chi connectivity index (χ0n) is 23.5. The van der Waals surface area contributed by atoms with Gasteiger partial charge in [-0.15, -0.1) is 0 Å². The molecule has 3 rings (SSSR count). The maximum Gasteiger partial charge on any atom is 0.264 e. The van der Waals surface area contributed by atoms with Gasteiger partial charge in [-0.2, -0.15) is 0 Å². The molecule has 11 heteroatoms. The summed E-state index contributed by atoms with van der Waals surface area (Å²) in [5.41, 5.74) is 0.909. The smallest absolute Gasteiger partial charge is 0.264 e. The average Bonchev–Trinajstić information content (AvgIpc) is 2.96. The first-order chi connectivity index (χ1) is 19.5. The summed E-state index contributed by atoms with van der Waals surface area (Å²) in [5.74, 6) is -0.362. The number of hydrogen-bond acceptors (Lipinski definition) is 5. The Balaban J connectivity index is 2.03. The number of benzene rings is 3. The molecule has 3 aromatic carbocycles. The molecular formula is C30H35Cl2N3O5S. The first-order valence-electron chi connectivity index (χ1n) is 13.3. The number of anilines is 1. The Morgan fingerprint density at radius 3 is 2.17 bits per heavy atom. The number of nitrogens with one attached hydrogen (secondary N) is 1. The van der Waals surface area contributed by atoms with Gasteiger partial charge in [0.05, 0.1) is 27.2 Å². The Morgan fingerprint density at radius 2 is 1.59 bits per heavy atom. The van der Waals surface area contributed by atoms with Crippen molar-refractivity contribution in [3.63, 3.8) is 0 Å². The van der Waals surface area contributed by atoms with Crippen molar-refractivity contribution in [1.29, 1.82) is 0 Å². The van der Waals surface area contributed by atoms with Crippen LogP contribution in [0, 0.1) is 0 Å². The highest BCUT2D eigenvalue weighted by Crippen LogP contribution is 2.27. The van der Waals surface area contributed by atoms with E-state index in [0.717, 1.165) is 4.31 Å². The minimum atomic E-state index is -4.16. The van der Waals surface area contributed by atoms with Gasteiger partial charge in [0.2, 0.25) is 11.8 Å². The summed E-state index contributed by atoms with van der Waals surface area (Å²) in [6.07, 6.45) is 0.708. The zero-order valence-corrected chi connectivity index (χ0v) is 25.8. The summed E-state index contributed by atoms with van der Waals surface area (Å²) in [6, 6.07) is 18.3. The molecule has 2 amide bonds. The predicted octanol–water partition coefficient (Wildman–Crippen LogP) is 5.92. The van der Waals surface area contributed by atoms with E-state index in [9.17, 15) is 18.0 Å². The maximum atomic E-state index is 14.0.